The van der Waals surface area contributed by atoms with E-state index < -0.39 is 6.04 Å². The minimum Gasteiger partial charge on any atom is -0.507 e. The predicted molar refractivity (Wildman–Crippen MR) is 129 cm³/mol. The number of aliphatic hydroxyl groups is 1. The summed E-state index contributed by atoms with van der Waals surface area (Å²) < 4.78 is 11.8. The molecule has 1 atom stereocenters. The number of hydrogen-bond donors (Lipinski definition) is 3. The number of nitrogens with zero attached hydrogens (tertiary/aromatic N) is 2. The number of aromatic amines is 1. The Hall–Kier alpha value is -3.23. The number of hydrogen-bond acceptors (Lipinski definition) is 6. The van der Waals surface area contributed by atoms with Crippen LogP contribution in [0.25, 0.3) is 11.3 Å². The maximum atomic E-state index is 13.2. The van der Waals surface area contributed by atoms with Gasteiger partial charge in [-0.15, -0.1) is 0 Å². The van der Waals surface area contributed by atoms with Crippen LogP contribution in [0.5, 0.6) is 17.2 Å². The topological polar surface area (TPSA) is 108 Å². The van der Waals surface area contributed by atoms with Gasteiger partial charge < -0.3 is 24.6 Å². The highest BCUT2D eigenvalue weighted by atomic mass is 35.5. The second-order valence-corrected chi connectivity index (χ2v) is 8.42. The Morgan fingerprint density at radius 2 is 1.97 bits per heavy atom. The Kier molecular flexibility index (Phi) is 7.29. The Labute approximate surface area is 203 Å². The number of aromatic nitrogens is 2. The number of fused-ring (bicyclic) bond motifs is 1. The first-order valence-electron chi connectivity index (χ1n) is 11.4. The summed E-state index contributed by atoms with van der Waals surface area (Å²) in [6.45, 7) is 4.96. The van der Waals surface area contributed by atoms with Gasteiger partial charge in [0.2, 0.25) is 0 Å². The van der Waals surface area contributed by atoms with Crippen LogP contribution in [0.2, 0.25) is 5.02 Å². The highest BCUT2D eigenvalue weighted by Crippen LogP contribution is 2.46. The first-order valence-corrected chi connectivity index (χ1v) is 11.8. The van der Waals surface area contributed by atoms with E-state index in [2.05, 4.69) is 17.1 Å². The lowest BCUT2D eigenvalue weighted by Crippen LogP contribution is -2.32. The van der Waals surface area contributed by atoms with Crippen LogP contribution in [0.1, 0.15) is 54.3 Å². The number of nitrogens with one attached hydrogen (secondary N) is 1. The number of aliphatic hydroxyl groups excluding tert-OH is 1. The molecule has 1 unspecified atom stereocenters. The minimum atomic E-state index is -0.550. The first kappa shape index (κ1) is 23.9. The maximum absolute atomic E-state index is 13.2. The molecular formula is C25H28ClN3O5. The molecule has 0 spiro atoms. The van der Waals surface area contributed by atoms with Crippen LogP contribution in [0, 0.1) is 0 Å². The average Bonchev–Trinajstić information content (AvgIpc) is 3.36. The summed E-state index contributed by atoms with van der Waals surface area (Å²) in [5.41, 5.74) is 2.54. The van der Waals surface area contributed by atoms with Crippen molar-refractivity contribution in [2.45, 2.75) is 32.7 Å². The molecule has 0 saturated carbocycles. The molecular weight excluding hydrogens is 458 g/mol. The van der Waals surface area contributed by atoms with E-state index in [0.29, 0.717) is 52.3 Å². The number of β-amino-alcohol motifs (C(OH)–C–C–N with tert-alkyl or cyclic N) is 1. The van der Waals surface area contributed by atoms with E-state index in [0.717, 1.165) is 18.4 Å². The van der Waals surface area contributed by atoms with Crippen LogP contribution in [0.4, 0.5) is 0 Å². The molecule has 1 aromatic heterocycles. The summed E-state index contributed by atoms with van der Waals surface area (Å²) in [4.78, 5) is 14.8. The molecule has 1 aliphatic heterocycles. The summed E-state index contributed by atoms with van der Waals surface area (Å²) in [5.74, 6) is 0.935. The minimum absolute atomic E-state index is 0.000171. The molecule has 3 N–H and O–H groups in total. The van der Waals surface area contributed by atoms with E-state index in [1.54, 1.807) is 17.0 Å². The smallest absolute Gasteiger partial charge is 0.273 e. The summed E-state index contributed by atoms with van der Waals surface area (Å²) in [5, 5.41) is 27.8. The highest BCUT2D eigenvalue weighted by molar-refractivity contribution is 6.31. The van der Waals surface area contributed by atoms with E-state index >= 15 is 0 Å². The third kappa shape index (κ3) is 4.43. The molecule has 34 heavy (non-hydrogen) atoms. The molecule has 8 nitrogen and oxygen atoms in total. The number of phenolic OH excluding ortho intramolecular Hbond substituents is 1. The van der Waals surface area contributed by atoms with Gasteiger partial charge in [-0.1, -0.05) is 31.0 Å². The van der Waals surface area contributed by atoms with E-state index in [9.17, 15) is 15.0 Å². The number of phenols is 1. The molecule has 0 fully saturated rings. The monoisotopic (exact) mass is 485 g/mol. The van der Waals surface area contributed by atoms with Crippen molar-refractivity contribution in [3.8, 4) is 28.5 Å². The van der Waals surface area contributed by atoms with Crippen LogP contribution in [-0.4, -0.2) is 57.6 Å². The Morgan fingerprint density at radius 1 is 1.15 bits per heavy atom. The second kappa shape index (κ2) is 10.4. The fourth-order valence-corrected chi connectivity index (χ4v) is 4.37. The fourth-order valence-electron chi connectivity index (χ4n) is 4.19. The van der Waals surface area contributed by atoms with Crippen LogP contribution in [0.3, 0.4) is 0 Å². The van der Waals surface area contributed by atoms with Gasteiger partial charge in [0.05, 0.1) is 25.9 Å². The number of benzene rings is 2. The molecule has 1 aliphatic rings. The number of halogens is 1. The summed E-state index contributed by atoms with van der Waals surface area (Å²) in [6.07, 6.45) is 1.95. The Bertz CT molecular complexity index is 1180. The first-order chi connectivity index (χ1) is 16.5. The largest absolute Gasteiger partial charge is 0.507 e. The normalized spacial score (nSPS) is 15.0. The lowest BCUT2D eigenvalue weighted by Gasteiger charge is -2.26. The second-order valence-electron chi connectivity index (χ2n) is 7.99. The molecule has 1 amide bonds. The number of rotatable bonds is 10. The van der Waals surface area contributed by atoms with Gasteiger partial charge in [-0.25, -0.2) is 0 Å². The molecule has 0 aliphatic carbocycles. The van der Waals surface area contributed by atoms with E-state index in [4.69, 9.17) is 21.1 Å². The molecule has 4 rings (SSSR count). The zero-order valence-electron chi connectivity index (χ0n) is 19.2. The summed E-state index contributed by atoms with van der Waals surface area (Å²) in [7, 11) is 0. The third-order valence-electron chi connectivity index (χ3n) is 5.76. The molecule has 0 radical (unpaired) electrons. The van der Waals surface area contributed by atoms with Gasteiger partial charge in [0.25, 0.3) is 5.91 Å². The van der Waals surface area contributed by atoms with Crippen LogP contribution >= 0.6 is 11.6 Å². The molecule has 180 valence electrons. The van der Waals surface area contributed by atoms with Crippen molar-refractivity contribution in [2.24, 2.45) is 0 Å². The van der Waals surface area contributed by atoms with Crippen molar-refractivity contribution in [1.29, 1.82) is 0 Å². The van der Waals surface area contributed by atoms with Gasteiger partial charge in [0.15, 0.2) is 11.5 Å². The zero-order chi connectivity index (χ0) is 24.2. The number of ether oxygens (including phenoxy) is 2. The highest BCUT2D eigenvalue weighted by Gasteiger charge is 2.42. The van der Waals surface area contributed by atoms with E-state index in [1.807, 2.05) is 25.1 Å². The van der Waals surface area contributed by atoms with Gasteiger partial charge >= 0.3 is 0 Å². The van der Waals surface area contributed by atoms with Crippen LogP contribution < -0.4 is 9.47 Å². The number of aromatic hydroxyl groups is 1. The van der Waals surface area contributed by atoms with E-state index in [1.165, 1.54) is 6.07 Å². The van der Waals surface area contributed by atoms with Gasteiger partial charge in [-0.3, -0.25) is 9.89 Å². The predicted octanol–water partition coefficient (Wildman–Crippen LogP) is 4.55. The fraction of sp³-hybridized carbons (Fsp3) is 0.360. The Balaban J connectivity index is 1.83. The van der Waals surface area contributed by atoms with Crippen molar-refractivity contribution in [3.63, 3.8) is 0 Å². The number of H-pyrrole nitrogens is 1. The molecule has 9 heteroatoms. The van der Waals surface area contributed by atoms with Crippen LogP contribution in [0.15, 0.2) is 36.4 Å². The lowest BCUT2D eigenvalue weighted by atomic mass is 9.95. The quantitative estimate of drug-likeness (QED) is 0.363. The summed E-state index contributed by atoms with van der Waals surface area (Å²) >= 11 is 6.18. The third-order valence-corrected chi connectivity index (χ3v) is 5.99. The van der Waals surface area contributed by atoms with Crippen molar-refractivity contribution in [2.75, 3.05) is 26.4 Å². The lowest BCUT2D eigenvalue weighted by molar-refractivity contribution is 0.0706. The van der Waals surface area contributed by atoms with Crippen molar-refractivity contribution in [3.05, 3.63) is 58.2 Å². The molecule has 0 bridgehead atoms. The van der Waals surface area contributed by atoms with Gasteiger partial charge in [0.1, 0.15) is 17.1 Å². The standard InChI is InChI=1S/C25H28ClN3O5/c1-3-5-12-34-19-9-6-15(13-20(19)33-4-2)24-21-22(17-14-16(26)7-8-18(17)31)27-28-23(21)25(32)29(24)10-11-30/h6-9,13-14,24,30-31H,3-5,10-12H2,1-2H3,(H,27,28). The average molecular weight is 486 g/mol. The molecule has 2 heterocycles. The number of carbonyl (C=O) groups excluding carboxylic acids is 1. The maximum Gasteiger partial charge on any atom is 0.273 e. The van der Waals surface area contributed by atoms with Crippen molar-refractivity contribution < 1.29 is 24.5 Å². The Morgan fingerprint density at radius 3 is 2.71 bits per heavy atom. The van der Waals surface area contributed by atoms with Crippen LogP contribution in [-0.2, 0) is 0 Å². The van der Waals surface area contributed by atoms with Crippen molar-refractivity contribution >= 4 is 17.5 Å². The van der Waals surface area contributed by atoms with Gasteiger partial charge in [-0.2, -0.15) is 5.10 Å². The molecule has 0 saturated heterocycles. The number of unbranched alkanes of at least 4 members (excludes halogenated alkanes) is 1. The molecule has 2 aromatic carbocycles. The van der Waals surface area contributed by atoms with Gasteiger partial charge in [0, 0.05) is 22.7 Å². The van der Waals surface area contributed by atoms with Crippen molar-refractivity contribution in [1.82, 2.24) is 15.1 Å². The SMILES string of the molecule is CCCCOc1ccc(C2c3c(-c4cc(Cl)ccc4O)n[nH]c3C(=O)N2CCO)cc1OCC. The number of amides is 1. The zero-order valence-corrected chi connectivity index (χ0v) is 19.9. The summed E-state index contributed by atoms with van der Waals surface area (Å²) in [6, 6.07) is 9.72. The molecule has 3 aromatic rings. The number of carbonyl (C=O) groups is 1. The van der Waals surface area contributed by atoms with Gasteiger partial charge in [-0.05, 0) is 49.2 Å². The van der Waals surface area contributed by atoms with E-state index in [-0.39, 0.29) is 24.8 Å².